The summed E-state index contributed by atoms with van der Waals surface area (Å²) in [5.74, 6) is 0. The van der Waals surface area contributed by atoms with E-state index in [4.69, 9.17) is 0 Å². The van der Waals surface area contributed by atoms with Crippen molar-refractivity contribution in [1.82, 2.24) is 15.0 Å². The average Bonchev–Trinajstić information content (AvgIpc) is 2.97. The molecule has 0 bridgehead atoms. The van der Waals surface area contributed by atoms with Gasteiger partial charge >= 0.3 is 0 Å². The molecule has 0 aliphatic heterocycles. The largest absolute Gasteiger partial charge is 0.386 e. The van der Waals surface area contributed by atoms with Crippen LogP contribution in [0.1, 0.15) is 11.7 Å². The van der Waals surface area contributed by atoms with Gasteiger partial charge in [-0.25, -0.2) is 4.68 Å². The fourth-order valence-electron chi connectivity index (χ4n) is 2.09. The Kier molecular flexibility index (Phi) is 3.56. The number of benzene rings is 2. The Hall–Kier alpha value is -2.46. The summed E-state index contributed by atoms with van der Waals surface area (Å²) < 4.78 is 1.67. The third-order valence-corrected chi connectivity index (χ3v) is 3.15. The highest BCUT2D eigenvalue weighted by Gasteiger charge is 2.10. The Morgan fingerprint density at radius 1 is 0.950 bits per heavy atom. The summed E-state index contributed by atoms with van der Waals surface area (Å²) in [6, 6.07) is 19.4. The minimum absolute atomic E-state index is 0.393. The number of nitrogens with zero attached hydrogens (tertiary/aromatic N) is 3. The van der Waals surface area contributed by atoms with E-state index in [1.54, 1.807) is 4.68 Å². The summed E-state index contributed by atoms with van der Waals surface area (Å²) in [5, 5.41) is 18.4. The van der Waals surface area contributed by atoms with Crippen LogP contribution >= 0.6 is 0 Å². The van der Waals surface area contributed by atoms with Crippen molar-refractivity contribution in [2.75, 3.05) is 0 Å². The number of hydrogen-bond donors (Lipinski definition) is 1. The molecule has 0 aliphatic rings. The molecule has 0 saturated carbocycles. The van der Waals surface area contributed by atoms with E-state index in [9.17, 15) is 5.11 Å². The first-order valence-corrected chi connectivity index (χ1v) is 6.51. The molecule has 2 aromatic carbocycles. The van der Waals surface area contributed by atoms with Crippen LogP contribution in [0.25, 0.3) is 11.3 Å². The fraction of sp³-hybridized carbons (Fsp3) is 0.125. The van der Waals surface area contributed by atoms with Gasteiger partial charge in [0.1, 0.15) is 5.69 Å². The lowest BCUT2D eigenvalue weighted by atomic mass is 10.1. The maximum atomic E-state index is 10.2. The third-order valence-electron chi connectivity index (χ3n) is 3.15. The van der Waals surface area contributed by atoms with Gasteiger partial charge in [0.15, 0.2) is 0 Å². The molecule has 3 aromatic rings. The average molecular weight is 265 g/mol. The minimum Gasteiger partial charge on any atom is -0.386 e. The van der Waals surface area contributed by atoms with Gasteiger partial charge in [-0.1, -0.05) is 65.9 Å². The second kappa shape index (κ2) is 5.67. The highest BCUT2D eigenvalue weighted by atomic mass is 16.3. The molecule has 1 heterocycles. The van der Waals surface area contributed by atoms with Gasteiger partial charge in [-0.05, 0) is 5.56 Å². The van der Waals surface area contributed by atoms with Crippen LogP contribution in [-0.2, 0) is 6.54 Å². The Morgan fingerprint density at radius 3 is 2.30 bits per heavy atom. The number of rotatable bonds is 4. The van der Waals surface area contributed by atoms with Gasteiger partial charge < -0.3 is 5.11 Å². The molecule has 20 heavy (non-hydrogen) atoms. The monoisotopic (exact) mass is 265 g/mol. The minimum atomic E-state index is -0.582. The van der Waals surface area contributed by atoms with Crippen molar-refractivity contribution < 1.29 is 5.11 Å². The molecule has 1 N–H and O–H groups in total. The first-order chi connectivity index (χ1) is 9.83. The van der Waals surface area contributed by atoms with Crippen LogP contribution < -0.4 is 0 Å². The van der Waals surface area contributed by atoms with Crippen LogP contribution in [0.3, 0.4) is 0 Å². The van der Waals surface area contributed by atoms with Crippen molar-refractivity contribution in [2.45, 2.75) is 12.6 Å². The van der Waals surface area contributed by atoms with Crippen LogP contribution in [0.15, 0.2) is 66.9 Å². The van der Waals surface area contributed by atoms with Crippen LogP contribution in [-0.4, -0.2) is 20.1 Å². The number of aromatic nitrogens is 3. The smallest absolute Gasteiger partial charge is 0.113 e. The molecule has 0 spiro atoms. The molecule has 0 radical (unpaired) electrons. The van der Waals surface area contributed by atoms with Crippen molar-refractivity contribution in [2.24, 2.45) is 0 Å². The van der Waals surface area contributed by atoms with Crippen LogP contribution in [0, 0.1) is 0 Å². The van der Waals surface area contributed by atoms with E-state index >= 15 is 0 Å². The van der Waals surface area contributed by atoms with Gasteiger partial charge in [0.05, 0.1) is 18.8 Å². The summed E-state index contributed by atoms with van der Waals surface area (Å²) in [6.45, 7) is 0.393. The first-order valence-electron chi connectivity index (χ1n) is 6.51. The zero-order chi connectivity index (χ0) is 13.8. The van der Waals surface area contributed by atoms with E-state index < -0.39 is 6.10 Å². The molecule has 1 atom stereocenters. The highest BCUT2D eigenvalue weighted by molar-refractivity contribution is 5.57. The van der Waals surface area contributed by atoms with Gasteiger partial charge in [0.2, 0.25) is 0 Å². The number of aliphatic hydroxyl groups is 1. The zero-order valence-corrected chi connectivity index (χ0v) is 10.9. The summed E-state index contributed by atoms with van der Waals surface area (Å²) in [5.41, 5.74) is 2.71. The van der Waals surface area contributed by atoms with Gasteiger partial charge in [0, 0.05) is 5.56 Å². The molecule has 4 nitrogen and oxygen atoms in total. The van der Waals surface area contributed by atoms with E-state index in [1.807, 2.05) is 66.9 Å². The number of hydrogen-bond acceptors (Lipinski definition) is 3. The summed E-state index contributed by atoms with van der Waals surface area (Å²) in [4.78, 5) is 0. The van der Waals surface area contributed by atoms with E-state index in [0.717, 1.165) is 16.8 Å². The van der Waals surface area contributed by atoms with Gasteiger partial charge in [-0.3, -0.25) is 0 Å². The van der Waals surface area contributed by atoms with Gasteiger partial charge in [0.25, 0.3) is 0 Å². The molecule has 3 rings (SSSR count). The van der Waals surface area contributed by atoms with Crippen LogP contribution in [0.5, 0.6) is 0 Å². The van der Waals surface area contributed by atoms with E-state index in [-0.39, 0.29) is 0 Å². The Labute approximate surface area is 117 Å². The summed E-state index contributed by atoms with van der Waals surface area (Å²) in [7, 11) is 0. The lowest BCUT2D eigenvalue weighted by molar-refractivity contribution is 0.150. The molecular weight excluding hydrogens is 250 g/mol. The molecular formula is C16H15N3O. The SMILES string of the molecule is OC(Cn1cc(-c2ccccc2)nn1)c1ccccc1. The second-order valence-electron chi connectivity index (χ2n) is 4.62. The molecule has 0 amide bonds. The topological polar surface area (TPSA) is 50.9 Å². The van der Waals surface area contributed by atoms with E-state index in [1.165, 1.54) is 0 Å². The van der Waals surface area contributed by atoms with Crippen LogP contribution in [0.2, 0.25) is 0 Å². The summed E-state index contributed by atoms with van der Waals surface area (Å²) >= 11 is 0. The normalized spacial score (nSPS) is 12.2. The zero-order valence-electron chi connectivity index (χ0n) is 10.9. The fourth-order valence-corrected chi connectivity index (χ4v) is 2.09. The lowest BCUT2D eigenvalue weighted by Crippen LogP contribution is -2.09. The van der Waals surface area contributed by atoms with E-state index in [0.29, 0.717) is 6.54 Å². The lowest BCUT2D eigenvalue weighted by Gasteiger charge is -2.09. The Bertz CT molecular complexity index is 664. The predicted octanol–water partition coefficient (Wildman–Crippen LogP) is 2.68. The highest BCUT2D eigenvalue weighted by Crippen LogP contribution is 2.17. The molecule has 1 aromatic heterocycles. The molecule has 0 saturated heterocycles. The maximum absolute atomic E-state index is 10.2. The van der Waals surface area contributed by atoms with Crippen molar-refractivity contribution in [3.05, 3.63) is 72.4 Å². The Morgan fingerprint density at radius 2 is 1.60 bits per heavy atom. The maximum Gasteiger partial charge on any atom is 0.113 e. The second-order valence-corrected chi connectivity index (χ2v) is 4.62. The van der Waals surface area contributed by atoms with Crippen molar-refractivity contribution in [3.8, 4) is 11.3 Å². The van der Waals surface area contributed by atoms with Gasteiger partial charge in [-0.2, -0.15) is 0 Å². The molecule has 100 valence electrons. The molecule has 0 aliphatic carbocycles. The first kappa shape index (κ1) is 12.6. The third kappa shape index (κ3) is 2.75. The van der Waals surface area contributed by atoms with Crippen molar-refractivity contribution >= 4 is 0 Å². The predicted molar refractivity (Wildman–Crippen MR) is 76.9 cm³/mol. The van der Waals surface area contributed by atoms with E-state index in [2.05, 4.69) is 10.3 Å². The number of aliphatic hydroxyl groups excluding tert-OH is 1. The van der Waals surface area contributed by atoms with Crippen LogP contribution in [0.4, 0.5) is 0 Å². The standard InChI is InChI=1S/C16H15N3O/c20-16(14-9-5-2-6-10-14)12-19-11-15(17-18-19)13-7-3-1-4-8-13/h1-11,16,20H,12H2. The summed E-state index contributed by atoms with van der Waals surface area (Å²) in [6.07, 6.45) is 1.27. The molecule has 0 fully saturated rings. The Balaban J connectivity index is 1.75. The molecule has 1 unspecified atom stereocenters. The van der Waals surface area contributed by atoms with Crippen molar-refractivity contribution in [1.29, 1.82) is 0 Å². The van der Waals surface area contributed by atoms with Crippen molar-refractivity contribution in [3.63, 3.8) is 0 Å². The molecule has 4 heteroatoms. The quantitative estimate of drug-likeness (QED) is 0.789. The van der Waals surface area contributed by atoms with Gasteiger partial charge in [-0.15, -0.1) is 5.10 Å².